The molecule has 2 rings (SSSR count). The summed E-state index contributed by atoms with van der Waals surface area (Å²) in [5.41, 5.74) is 9.49. The Morgan fingerprint density at radius 2 is 1.42 bits per heavy atom. The van der Waals surface area contributed by atoms with Gasteiger partial charge in [0.1, 0.15) is 0 Å². The molecule has 0 aliphatic heterocycles. The Morgan fingerprint density at radius 3 is 1.84 bits per heavy atom. The topological polar surface area (TPSA) is 25.2 Å². The van der Waals surface area contributed by atoms with E-state index in [0.717, 1.165) is 0 Å². The number of furan rings is 1. The third-order valence-electron chi connectivity index (χ3n) is 4.51. The highest BCUT2D eigenvalue weighted by molar-refractivity contribution is 5.52. The SMILES string of the molecule is CNC(c1ccoc1)c1c(C)c(C)c(C)c(C)c1C. The lowest BCUT2D eigenvalue weighted by Crippen LogP contribution is -2.20. The molecule has 102 valence electrons. The van der Waals surface area contributed by atoms with Crippen LogP contribution in [-0.4, -0.2) is 7.05 Å². The fourth-order valence-corrected chi connectivity index (χ4v) is 2.88. The van der Waals surface area contributed by atoms with Crippen molar-refractivity contribution in [1.29, 1.82) is 0 Å². The van der Waals surface area contributed by atoms with Crippen molar-refractivity contribution in [2.45, 2.75) is 40.7 Å². The fraction of sp³-hybridized carbons (Fsp3) is 0.412. The summed E-state index contributed by atoms with van der Waals surface area (Å²) in [6.07, 6.45) is 3.56. The van der Waals surface area contributed by atoms with Gasteiger partial charge in [0.15, 0.2) is 0 Å². The van der Waals surface area contributed by atoms with Gasteiger partial charge < -0.3 is 9.73 Å². The van der Waals surface area contributed by atoms with Crippen LogP contribution in [0.2, 0.25) is 0 Å². The van der Waals surface area contributed by atoms with Crippen molar-refractivity contribution in [1.82, 2.24) is 5.32 Å². The summed E-state index contributed by atoms with van der Waals surface area (Å²) < 4.78 is 5.24. The molecular weight excluding hydrogens is 234 g/mol. The summed E-state index contributed by atoms with van der Waals surface area (Å²) in [5, 5.41) is 3.42. The second-order valence-corrected chi connectivity index (χ2v) is 5.32. The summed E-state index contributed by atoms with van der Waals surface area (Å²) in [7, 11) is 2.00. The average Bonchev–Trinajstić information content (AvgIpc) is 2.93. The largest absolute Gasteiger partial charge is 0.472 e. The van der Waals surface area contributed by atoms with Crippen LogP contribution in [0.5, 0.6) is 0 Å². The number of hydrogen-bond acceptors (Lipinski definition) is 2. The first-order chi connectivity index (χ1) is 8.99. The van der Waals surface area contributed by atoms with E-state index in [4.69, 9.17) is 4.42 Å². The molecule has 2 nitrogen and oxygen atoms in total. The van der Waals surface area contributed by atoms with E-state index in [0.29, 0.717) is 0 Å². The van der Waals surface area contributed by atoms with Gasteiger partial charge in [-0.15, -0.1) is 0 Å². The second kappa shape index (κ2) is 5.22. The zero-order valence-corrected chi connectivity index (χ0v) is 12.7. The molecule has 1 atom stereocenters. The highest BCUT2D eigenvalue weighted by Crippen LogP contribution is 2.33. The molecule has 0 aliphatic rings. The standard InChI is InChI=1S/C17H23NO/c1-10-11(2)13(4)16(14(5)12(10)3)17(18-6)15-7-8-19-9-15/h7-9,17-18H,1-6H3. The summed E-state index contributed by atoms with van der Waals surface area (Å²) in [6, 6.07) is 2.22. The van der Waals surface area contributed by atoms with Gasteiger partial charge in [-0.2, -0.15) is 0 Å². The maximum Gasteiger partial charge on any atom is 0.0953 e. The van der Waals surface area contributed by atoms with Crippen LogP contribution in [-0.2, 0) is 0 Å². The average molecular weight is 257 g/mol. The van der Waals surface area contributed by atoms with Gasteiger partial charge in [0.25, 0.3) is 0 Å². The zero-order chi connectivity index (χ0) is 14.2. The normalized spacial score (nSPS) is 12.7. The molecule has 1 N–H and O–H groups in total. The van der Waals surface area contributed by atoms with Crippen LogP contribution in [0.1, 0.15) is 45.0 Å². The molecule has 1 aromatic carbocycles. The molecule has 0 saturated carbocycles. The molecule has 2 heteroatoms. The van der Waals surface area contributed by atoms with Gasteiger partial charge in [0, 0.05) is 5.56 Å². The number of rotatable bonds is 3. The molecular formula is C17H23NO. The van der Waals surface area contributed by atoms with Crippen LogP contribution in [0, 0.1) is 34.6 Å². The van der Waals surface area contributed by atoms with Gasteiger partial charge in [-0.3, -0.25) is 0 Å². The molecule has 1 aromatic heterocycles. The third kappa shape index (κ3) is 2.21. The number of benzene rings is 1. The summed E-state index contributed by atoms with van der Waals surface area (Å²) in [6.45, 7) is 11.1. The minimum Gasteiger partial charge on any atom is -0.472 e. The van der Waals surface area contributed by atoms with E-state index >= 15 is 0 Å². The lowest BCUT2D eigenvalue weighted by atomic mass is 9.85. The number of hydrogen-bond donors (Lipinski definition) is 1. The molecule has 19 heavy (non-hydrogen) atoms. The number of nitrogens with one attached hydrogen (secondary N) is 1. The van der Waals surface area contributed by atoms with Crippen molar-refractivity contribution in [3.63, 3.8) is 0 Å². The van der Waals surface area contributed by atoms with Gasteiger partial charge in [0.05, 0.1) is 18.6 Å². The first kappa shape index (κ1) is 13.9. The van der Waals surface area contributed by atoms with E-state index in [1.54, 1.807) is 6.26 Å². The van der Waals surface area contributed by atoms with Crippen LogP contribution in [0.25, 0.3) is 0 Å². The van der Waals surface area contributed by atoms with E-state index in [1.807, 2.05) is 19.4 Å². The van der Waals surface area contributed by atoms with E-state index < -0.39 is 0 Å². The van der Waals surface area contributed by atoms with Gasteiger partial charge >= 0.3 is 0 Å². The summed E-state index contributed by atoms with van der Waals surface area (Å²) in [4.78, 5) is 0. The van der Waals surface area contributed by atoms with E-state index in [9.17, 15) is 0 Å². The maximum atomic E-state index is 5.24. The Morgan fingerprint density at radius 1 is 0.895 bits per heavy atom. The zero-order valence-electron chi connectivity index (χ0n) is 12.7. The smallest absolute Gasteiger partial charge is 0.0953 e. The molecule has 1 unspecified atom stereocenters. The van der Waals surface area contributed by atoms with Crippen LogP contribution in [0.4, 0.5) is 0 Å². The monoisotopic (exact) mass is 257 g/mol. The third-order valence-corrected chi connectivity index (χ3v) is 4.51. The first-order valence-electron chi connectivity index (χ1n) is 6.75. The Kier molecular flexibility index (Phi) is 3.81. The summed E-state index contributed by atoms with van der Waals surface area (Å²) in [5.74, 6) is 0. The molecule has 0 fully saturated rings. The molecule has 0 radical (unpaired) electrons. The van der Waals surface area contributed by atoms with Crippen LogP contribution in [0.15, 0.2) is 23.0 Å². The predicted molar refractivity (Wildman–Crippen MR) is 79.7 cm³/mol. The minimum absolute atomic E-state index is 0.191. The highest BCUT2D eigenvalue weighted by atomic mass is 16.3. The first-order valence-corrected chi connectivity index (χ1v) is 6.75. The Balaban J connectivity index is 2.68. The van der Waals surface area contributed by atoms with Gasteiger partial charge in [-0.25, -0.2) is 0 Å². The minimum atomic E-state index is 0.191. The van der Waals surface area contributed by atoms with E-state index in [2.05, 4.69) is 39.9 Å². The summed E-state index contributed by atoms with van der Waals surface area (Å²) >= 11 is 0. The quantitative estimate of drug-likeness (QED) is 0.894. The van der Waals surface area contributed by atoms with Gasteiger partial charge in [-0.05, 0) is 81.1 Å². The van der Waals surface area contributed by atoms with Crippen LogP contribution >= 0.6 is 0 Å². The molecule has 0 saturated heterocycles. The molecule has 0 bridgehead atoms. The van der Waals surface area contributed by atoms with Crippen molar-refractivity contribution in [2.24, 2.45) is 0 Å². The highest BCUT2D eigenvalue weighted by Gasteiger charge is 2.21. The van der Waals surface area contributed by atoms with Crippen molar-refractivity contribution < 1.29 is 4.42 Å². The van der Waals surface area contributed by atoms with Crippen LogP contribution in [0.3, 0.4) is 0 Å². The second-order valence-electron chi connectivity index (χ2n) is 5.32. The van der Waals surface area contributed by atoms with E-state index in [-0.39, 0.29) is 6.04 Å². The van der Waals surface area contributed by atoms with Gasteiger partial charge in [0.2, 0.25) is 0 Å². The van der Waals surface area contributed by atoms with Crippen molar-refractivity contribution in [3.05, 3.63) is 57.5 Å². The molecule has 1 heterocycles. The molecule has 2 aromatic rings. The van der Waals surface area contributed by atoms with Crippen molar-refractivity contribution in [2.75, 3.05) is 7.05 Å². The van der Waals surface area contributed by atoms with Crippen molar-refractivity contribution in [3.8, 4) is 0 Å². The van der Waals surface area contributed by atoms with E-state index in [1.165, 1.54) is 38.9 Å². The van der Waals surface area contributed by atoms with Crippen LogP contribution < -0.4 is 5.32 Å². The fourth-order valence-electron chi connectivity index (χ4n) is 2.88. The predicted octanol–water partition coefficient (Wildman–Crippen LogP) is 4.13. The van der Waals surface area contributed by atoms with Gasteiger partial charge in [-0.1, -0.05) is 0 Å². The Labute approximate surface area is 115 Å². The molecule has 0 aliphatic carbocycles. The Hall–Kier alpha value is -1.54. The molecule has 0 amide bonds. The van der Waals surface area contributed by atoms with Crippen molar-refractivity contribution >= 4 is 0 Å². The molecule has 0 spiro atoms. The Bertz CT molecular complexity index is 553. The lowest BCUT2D eigenvalue weighted by Gasteiger charge is -2.25. The maximum absolute atomic E-state index is 5.24. The lowest BCUT2D eigenvalue weighted by molar-refractivity contribution is 0.557.